The Hall–Kier alpha value is -14.1. The van der Waals surface area contributed by atoms with E-state index in [-0.39, 0.29) is 0 Å². The topological polar surface area (TPSA) is 104 Å². The molecule has 0 fully saturated rings. The number of hydrogen-bond donors (Lipinski definition) is 0. The van der Waals surface area contributed by atoms with Gasteiger partial charge in [-0.2, -0.15) is 0 Å². The van der Waals surface area contributed by atoms with Crippen LogP contribution in [0.15, 0.2) is 361 Å². The molecule has 0 amide bonds. The molecule has 4 aliphatic carbocycles. The van der Waals surface area contributed by atoms with Crippen molar-refractivity contribution < 1.29 is 8.83 Å². The number of aromatic nitrogens is 6. The molecule has 18 aromatic rings. The molecule has 2 spiro atoms. The Morgan fingerprint density at radius 1 is 0.170 bits per heavy atom. The summed E-state index contributed by atoms with van der Waals surface area (Å²) in [6.45, 7) is 0. The van der Waals surface area contributed by atoms with Gasteiger partial charge in [-0.3, -0.25) is 0 Å². The molecule has 0 atom stereocenters. The first kappa shape index (κ1) is 59.6. The van der Waals surface area contributed by atoms with Crippen LogP contribution in [0.3, 0.4) is 0 Å². The van der Waals surface area contributed by atoms with Gasteiger partial charge in [0.05, 0.1) is 33.3 Å². The second kappa shape index (κ2) is 23.2. The average molecular weight is 1350 g/mol. The summed E-state index contributed by atoms with van der Waals surface area (Å²) < 4.78 is 12.4. The van der Waals surface area contributed by atoms with Crippen LogP contribution in [0.25, 0.3) is 168 Å². The summed E-state index contributed by atoms with van der Waals surface area (Å²) in [6, 6.07) is 127. The SMILES string of the molecule is c1ccc(-c2nnc(-c3ccc(-c4ccc(-c5nc6c(-c7ccc8c(c7)C7(c9ccccc9-c9ccccc97)c7ccccc7-8)ccc(-c7ccc8c(c7)C7(c9ccccc9-c9ccccc97)c7ccccc7-8)c6nc5-c5ccc(-c6ccc(-c7nnc(-c8ccccc8)o7)cc6)cc5)cc4)cc3)o2)cc1. The summed E-state index contributed by atoms with van der Waals surface area (Å²) >= 11 is 0. The van der Waals surface area contributed by atoms with Gasteiger partial charge < -0.3 is 8.83 Å². The highest BCUT2D eigenvalue weighted by atomic mass is 16.4. The van der Waals surface area contributed by atoms with Crippen molar-refractivity contribution in [3.8, 4) is 157 Å². The monoisotopic (exact) mass is 1350 g/mol. The third-order valence-electron chi connectivity index (χ3n) is 22.6. The van der Waals surface area contributed by atoms with E-state index in [0.717, 1.165) is 100 Å². The van der Waals surface area contributed by atoms with Gasteiger partial charge in [0.25, 0.3) is 0 Å². The molecule has 15 aromatic carbocycles. The zero-order valence-electron chi connectivity index (χ0n) is 57.0. The number of benzene rings is 15. The molecule has 0 bridgehead atoms. The molecule has 8 nitrogen and oxygen atoms in total. The molecule has 0 radical (unpaired) electrons. The van der Waals surface area contributed by atoms with Gasteiger partial charge in [0.15, 0.2) is 0 Å². The highest BCUT2D eigenvalue weighted by Crippen LogP contribution is 2.65. The summed E-state index contributed by atoms with van der Waals surface area (Å²) in [7, 11) is 0. The fourth-order valence-electron chi connectivity index (χ4n) is 17.9. The van der Waals surface area contributed by atoms with Crippen LogP contribution in [0.1, 0.15) is 44.5 Å². The standard InChI is InChI=1S/C98H58N6O2/c1-3-19-65(20-4-1)93-101-103-95(105-93)67-47-39-61(40-48-67)59-35-43-63(44-36-59)89-90(64-45-37-60(38-46-64)62-41-49-68(50-42-62)96-104-102-94(106-96)66-21-5-2-6-22-66)100-92-72(70-52-54-80-78-28-12-18-34-86(78)98(88(80)58-70)83-31-15-9-25-75(83)76-26-10-16-32-84(76)98)56-55-71(91(92)99-89)69-51-53-79-77-27-11-17-33-85(77)97(87(79)57-69)81-29-13-7-23-73(81)74-24-8-14-30-82(74)97/h1-58H. The minimum absolute atomic E-state index is 0.463. The lowest BCUT2D eigenvalue weighted by molar-refractivity contribution is 0.584. The van der Waals surface area contributed by atoms with Gasteiger partial charge in [0, 0.05) is 44.5 Å². The lowest BCUT2D eigenvalue weighted by atomic mass is 9.70. The van der Waals surface area contributed by atoms with Crippen molar-refractivity contribution in [3.05, 3.63) is 396 Å². The summed E-state index contributed by atoms with van der Waals surface area (Å²) in [4.78, 5) is 12.2. The first-order valence-corrected chi connectivity index (χ1v) is 36.0. The molecule has 0 N–H and O–H groups in total. The van der Waals surface area contributed by atoms with E-state index in [4.69, 9.17) is 18.8 Å². The number of nitrogens with zero attached hydrogens (tertiary/aromatic N) is 6. The van der Waals surface area contributed by atoms with E-state index in [0.29, 0.717) is 23.6 Å². The quantitative estimate of drug-likeness (QED) is 0.133. The van der Waals surface area contributed by atoms with Crippen molar-refractivity contribution in [2.24, 2.45) is 0 Å². The van der Waals surface area contributed by atoms with Gasteiger partial charge >= 0.3 is 0 Å². The molecule has 0 unspecified atom stereocenters. The van der Waals surface area contributed by atoms with Crippen molar-refractivity contribution in [1.29, 1.82) is 0 Å². The second-order valence-corrected chi connectivity index (χ2v) is 27.9. The molecule has 0 saturated carbocycles. The molecule has 106 heavy (non-hydrogen) atoms. The molecule has 0 aliphatic heterocycles. The van der Waals surface area contributed by atoms with Gasteiger partial charge in [-0.15, -0.1) is 20.4 Å². The number of fused-ring (bicyclic) bond motifs is 21. The third kappa shape index (κ3) is 8.76. The Labute approximate surface area is 611 Å². The Balaban J connectivity index is 0.740. The predicted octanol–water partition coefficient (Wildman–Crippen LogP) is 23.8. The van der Waals surface area contributed by atoms with E-state index in [1.165, 1.54) is 89.0 Å². The fourth-order valence-corrected chi connectivity index (χ4v) is 17.9. The number of hydrogen-bond acceptors (Lipinski definition) is 8. The molecule has 492 valence electrons. The smallest absolute Gasteiger partial charge is 0.248 e. The molecule has 22 rings (SSSR count). The molecule has 0 saturated heterocycles. The van der Waals surface area contributed by atoms with Gasteiger partial charge in [-0.1, -0.05) is 291 Å². The van der Waals surface area contributed by atoms with Gasteiger partial charge in [-0.25, -0.2) is 9.97 Å². The van der Waals surface area contributed by atoms with E-state index in [1.807, 2.05) is 84.9 Å². The molecular formula is C98H58N6O2. The van der Waals surface area contributed by atoms with Crippen LogP contribution in [0.5, 0.6) is 0 Å². The minimum atomic E-state index is -0.556. The van der Waals surface area contributed by atoms with E-state index < -0.39 is 10.8 Å². The van der Waals surface area contributed by atoms with Crippen LogP contribution in [0.4, 0.5) is 0 Å². The van der Waals surface area contributed by atoms with E-state index in [2.05, 4.69) is 287 Å². The van der Waals surface area contributed by atoms with Crippen LogP contribution >= 0.6 is 0 Å². The first-order chi connectivity index (χ1) is 52.5. The van der Waals surface area contributed by atoms with E-state index >= 15 is 0 Å². The second-order valence-electron chi connectivity index (χ2n) is 27.9. The van der Waals surface area contributed by atoms with Gasteiger partial charge in [-0.05, 0) is 183 Å². The Kier molecular flexibility index (Phi) is 13.1. The van der Waals surface area contributed by atoms with Crippen LogP contribution in [-0.4, -0.2) is 30.4 Å². The van der Waals surface area contributed by atoms with E-state index in [1.54, 1.807) is 0 Å². The van der Waals surface area contributed by atoms with Crippen LogP contribution < -0.4 is 0 Å². The van der Waals surface area contributed by atoms with Crippen LogP contribution in [0.2, 0.25) is 0 Å². The maximum atomic E-state index is 6.18. The van der Waals surface area contributed by atoms with Crippen molar-refractivity contribution in [2.45, 2.75) is 10.8 Å². The lowest BCUT2D eigenvalue weighted by Crippen LogP contribution is -2.25. The predicted molar refractivity (Wildman–Crippen MR) is 422 cm³/mol. The summed E-state index contributed by atoms with van der Waals surface area (Å²) in [5, 5.41) is 17.6. The molecule has 8 heteroatoms. The largest absolute Gasteiger partial charge is 0.416 e. The summed E-state index contributed by atoms with van der Waals surface area (Å²) in [6.07, 6.45) is 0. The highest BCUT2D eigenvalue weighted by Gasteiger charge is 2.53. The number of rotatable bonds is 10. The zero-order valence-corrected chi connectivity index (χ0v) is 57.0. The van der Waals surface area contributed by atoms with Gasteiger partial charge in [0.2, 0.25) is 23.6 Å². The lowest BCUT2D eigenvalue weighted by Gasteiger charge is -2.31. The van der Waals surface area contributed by atoms with E-state index in [9.17, 15) is 0 Å². The van der Waals surface area contributed by atoms with Gasteiger partial charge in [0.1, 0.15) is 0 Å². The molecule has 4 aliphatic rings. The maximum Gasteiger partial charge on any atom is 0.248 e. The Morgan fingerprint density at radius 3 is 0.679 bits per heavy atom. The Morgan fingerprint density at radius 2 is 0.387 bits per heavy atom. The molecular weight excluding hydrogens is 1290 g/mol. The van der Waals surface area contributed by atoms with Crippen molar-refractivity contribution in [2.75, 3.05) is 0 Å². The average Bonchev–Trinajstić information content (AvgIpc) is 1.51. The summed E-state index contributed by atoms with van der Waals surface area (Å²) in [5.74, 6) is 1.89. The van der Waals surface area contributed by atoms with Crippen molar-refractivity contribution >= 4 is 11.0 Å². The molecule has 3 heterocycles. The van der Waals surface area contributed by atoms with Crippen LogP contribution in [0, 0.1) is 0 Å². The third-order valence-corrected chi connectivity index (χ3v) is 22.6. The minimum Gasteiger partial charge on any atom is -0.416 e. The maximum absolute atomic E-state index is 6.18. The van der Waals surface area contributed by atoms with Crippen LogP contribution in [-0.2, 0) is 10.8 Å². The van der Waals surface area contributed by atoms with Crippen molar-refractivity contribution in [1.82, 2.24) is 30.4 Å². The first-order valence-electron chi connectivity index (χ1n) is 36.0. The summed E-state index contributed by atoms with van der Waals surface area (Å²) in [5.41, 5.74) is 35.8. The Bertz CT molecular complexity index is 6090. The fraction of sp³-hybridized carbons (Fsp3) is 0.0204. The van der Waals surface area contributed by atoms with Crippen molar-refractivity contribution in [3.63, 3.8) is 0 Å². The zero-order chi connectivity index (χ0) is 69.6. The highest BCUT2D eigenvalue weighted by molar-refractivity contribution is 6.06. The molecule has 3 aromatic heterocycles. The normalized spacial score (nSPS) is 13.2.